The fourth-order valence-electron chi connectivity index (χ4n) is 5.76. The molecule has 4 aromatic rings. The summed E-state index contributed by atoms with van der Waals surface area (Å²) in [4.78, 5) is 42.5. The molecule has 46 heavy (non-hydrogen) atoms. The van der Waals surface area contributed by atoms with Crippen molar-refractivity contribution in [3.8, 4) is 16.9 Å². The number of ether oxygens (including phenoxy) is 1. The summed E-state index contributed by atoms with van der Waals surface area (Å²) in [5.74, 6) is -0.618. The van der Waals surface area contributed by atoms with Crippen molar-refractivity contribution in [2.24, 2.45) is 9.98 Å². The van der Waals surface area contributed by atoms with E-state index in [-0.39, 0.29) is 18.4 Å². The number of allylic oxidation sites excluding steroid dienone is 3. The van der Waals surface area contributed by atoms with Gasteiger partial charge in [-0.1, -0.05) is 30.3 Å². The maximum atomic E-state index is 13.9. The average molecular weight is 610 g/mol. The predicted octanol–water partition coefficient (Wildman–Crippen LogP) is 5.05. The van der Waals surface area contributed by atoms with E-state index in [0.29, 0.717) is 34.0 Å². The molecule has 3 aliphatic rings. The van der Waals surface area contributed by atoms with Gasteiger partial charge >= 0.3 is 5.97 Å². The van der Waals surface area contributed by atoms with E-state index in [1.165, 1.54) is 0 Å². The second-order valence-electron chi connectivity index (χ2n) is 11.7. The molecule has 2 aromatic heterocycles. The molecule has 4 N–H and O–H groups in total. The number of aromatic amines is 2. The Morgan fingerprint density at radius 1 is 0.913 bits per heavy atom. The second-order valence-corrected chi connectivity index (χ2v) is 11.7. The van der Waals surface area contributed by atoms with E-state index in [4.69, 9.17) is 9.73 Å². The highest BCUT2D eigenvalue weighted by Crippen LogP contribution is 2.31. The molecule has 0 unspecified atom stereocenters. The molecule has 9 nitrogen and oxygen atoms in total. The molecule has 0 fully saturated rings. The lowest BCUT2D eigenvalue weighted by Gasteiger charge is -2.18. The van der Waals surface area contributed by atoms with E-state index in [2.05, 4.69) is 20.3 Å². The summed E-state index contributed by atoms with van der Waals surface area (Å²) >= 11 is 0. The summed E-state index contributed by atoms with van der Waals surface area (Å²) in [5.41, 5.74) is 4.32. The zero-order chi connectivity index (χ0) is 31.8. The monoisotopic (exact) mass is 609 g/mol. The number of rotatable bonds is 6. The summed E-state index contributed by atoms with van der Waals surface area (Å²) in [6, 6.07) is 20.7. The summed E-state index contributed by atoms with van der Waals surface area (Å²) in [7, 11) is 0. The number of carboxylic acids is 1. The van der Waals surface area contributed by atoms with Gasteiger partial charge in [0.15, 0.2) is 5.54 Å². The van der Waals surface area contributed by atoms with Crippen LogP contribution in [0.25, 0.3) is 29.4 Å². The molecular formula is C37H31N5O4. The standard InChI is InChI=1S/C37H31N5O4/c1-22(2)46-30-13-7-23(8-14-30)31-5-3-4-6-32(31)35(43)41-34-20-29-21-37(36(44)45)16-15-28(42-37)18-26-10-9-24(38-26)17-25-11-12-27(39-25)19-33(34)40-29/h3-20,22,38,40H,21H2,1-2H3,(H,41,43)(H,44,45)/t37-/m1/s1. The van der Waals surface area contributed by atoms with Gasteiger partial charge in [-0.2, -0.15) is 0 Å². The normalized spacial score (nSPS) is 17.9. The van der Waals surface area contributed by atoms with Crippen molar-refractivity contribution in [3.63, 3.8) is 0 Å². The maximum absolute atomic E-state index is 13.9. The SMILES string of the molecule is CC(C)Oc1ccc(-c2ccccc2C(=O)Nc2cc3[nH]c2C=C2C=CC(=N2)C=c2ccc([nH]2)=CC2=N[C@](C(=O)O)(C=C2)C3)cc1. The van der Waals surface area contributed by atoms with Gasteiger partial charge in [-0.05, 0) is 104 Å². The number of aromatic nitrogens is 2. The number of nitrogens with one attached hydrogen (secondary N) is 3. The van der Waals surface area contributed by atoms with Gasteiger partial charge in [-0.3, -0.25) is 9.79 Å². The zero-order valence-corrected chi connectivity index (χ0v) is 25.2. The topological polar surface area (TPSA) is 132 Å². The zero-order valence-electron chi connectivity index (χ0n) is 25.2. The first-order valence-electron chi connectivity index (χ1n) is 15.0. The van der Waals surface area contributed by atoms with Crippen LogP contribution in [0.15, 0.2) is 107 Å². The van der Waals surface area contributed by atoms with Gasteiger partial charge in [0.25, 0.3) is 5.91 Å². The van der Waals surface area contributed by atoms with E-state index in [1.807, 2.05) is 98.8 Å². The van der Waals surface area contributed by atoms with Crippen LogP contribution in [0.1, 0.15) is 35.6 Å². The van der Waals surface area contributed by atoms with Crippen LogP contribution in [0, 0.1) is 0 Å². The Kier molecular flexibility index (Phi) is 7.21. The molecule has 228 valence electrons. The van der Waals surface area contributed by atoms with Crippen molar-refractivity contribution in [2.45, 2.75) is 31.9 Å². The lowest BCUT2D eigenvalue weighted by atomic mass is 9.95. The maximum Gasteiger partial charge on any atom is 0.336 e. The lowest BCUT2D eigenvalue weighted by molar-refractivity contribution is -0.141. The van der Waals surface area contributed by atoms with Gasteiger partial charge in [-0.15, -0.1) is 0 Å². The van der Waals surface area contributed by atoms with Gasteiger partial charge in [0, 0.05) is 28.4 Å². The first kappa shape index (κ1) is 28.8. The number of carbonyl (C=O) groups is 2. The minimum absolute atomic E-state index is 0.0533. The number of amides is 1. The molecule has 0 saturated heterocycles. The van der Waals surface area contributed by atoms with Crippen LogP contribution in [0.2, 0.25) is 0 Å². The fraction of sp³-hybridized carbons (Fsp3) is 0.135. The number of H-pyrrole nitrogens is 2. The van der Waals surface area contributed by atoms with Crippen molar-refractivity contribution in [2.75, 3.05) is 5.32 Å². The Bertz CT molecular complexity index is 2160. The summed E-state index contributed by atoms with van der Waals surface area (Å²) in [6.45, 7) is 3.95. The number of anilines is 1. The van der Waals surface area contributed by atoms with E-state index < -0.39 is 11.5 Å². The van der Waals surface area contributed by atoms with Crippen molar-refractivity contribution in [1.29, 1.82) is 0 Å². The number of aliphatic carboxylic acids is 1. The van der Waals surface area contributed by atoms with Crippen molar-refractivity contribution in [1.82, 2.24) is 9.97 Å². The number of fused-ring (bicyclic) bond motifs is 6. The van der Waals surface area contributed by atoms with Crippen LogP contribution < -0.4 is 20.8 Å². The predicted molar refractivity (Wildman–Crippen MR) is 181 cm³/mol. The number of aliphatic imine (C=N–C) groups is 2. The third-order valence-electron chi connectivity index (χ3n) is 7.86. The van der Waals surface area contributed by atoms with Crippen LogP contribution >= 0.6 is 0 Å². The van der Waals surface area contributed by atoms with Crippen LogP contribution in [0.3, 0.4) is 0 Å². The first-order valence-corrected chi connectivity index (χ1v) is 15.0. The molecule has 0 radical (unpaired) electrons. The summed E-state index contributed by atoms with van der Waals surface area (Å²) in [5, 5.41) is 15.0. The number of carbonyl (C=O) groups excluding carboxylic acids is 1. The molecule has 0 spiro atoms. The lowest BCUT2D eigenvalue weighted by Crippen LogP contribution is -2.36. The third-order valence-corrected chi connectivity index (χ3v) is 7.86. The van der Waals surface area contributed by atoms with Crippen molar-refractivity contribution in [3.05, 3.63) is 124 Å². The molecule has 7 rings (SSSR count). The van der Waals surface area contributed by atoms with Crippen LogP contribution in [0.4, 0.5) is 5.69 Å². The van der Waals surface area contributed by atoms with E-state index in [9.17, 15) is 14.7 Å². The molecule has 9 heteroatoms. The minimum Gasteiger partial charge on any atom is -0.491 e. The Labute approximate surface area is 264 Å². The number of hydrogen-bond acceptors (Lipinski definition) is 5. The first-order chi connectivity index (χ1) is 22.2. The largest absolute Gasteiger partial charge is 0.491 e. The Morgan fingerprint density at radius 3 is 2.43 bits per heavy atom. The Hall–Kier alpha value is -5.96. The number of hydrogen-bond donors (Lipinski definition) is 4. The van der Waals surface area contributed by atoms with E-state index >= 15 is 0 Å². The number of carboxylic acid groups (broad SMARTS) is 1. The minimum atomic E-state index is -1.50. The van der Waals surface area contributed by atoms with Gasteiger partial charge < -0.3 is 25.1 Å². The van der Waals surface area contributed by atoms with Gasteiger partial charge in [-0.25, -0.2) is 9.79 Å². The Balaban J connectivity index is 1.27. The highest BCUT2D eigenvalue weighted by molar-refractivity contribution is 6.20. The van der Waals surface area contributed by atoms with E-state index in [1.54, 1.807) is 24.3 Å². The second kappa shape index (κ2) is 11.5. The quantitative estimate of drug-likeness (QED) is 0.244. The van der Waals surface area contributed by atoms with Gasteiger partial charge in [0.1, 0.15) is 5.75 Å². The number of nitrogens with zero attached hydrogens (tertiary/aromatic N) is 2. The fourth-order valence-corrected chi connectivity index (χ4v) is 5.76. The molecule has 1 atom stereocenters. The van der Waals surface area contributed by atoms with Crippen LogP contribution in [0.5, 0.6) is 5.75 Å². The smallest absolute Gasteiger partial charge is 0.336 e. The van der Waals surface area contributed by atoms with Gasteiger partial charge in [0.05, 0.1) is 34.6 Å². The molecule has 1 amide bonds. The van der Waals surface area contributed by atoms with Crippen LogP contribution in [-0.4, -0.2) is 50.0 Å². The van der Waals surface area contributed by atoms with E-state index in [0.717, 1.165) is 33.3 Å². The summed E-state index contributed by atoms with van der Waals surface area (Å²) in [6.07, 6.45) is 12.8. The highest BCUT2D eigenvalue weighted by atomic mass is 16.5. The van der Waals surface area contributed by atoms with Gasteiger partial charge in [0.2, 0.25) is 0 Å². The van der Waals surface area contributed by atoms with Crippen molar-refractivity contribution >= 4 is 47.2 Å². The molecular weight excluding hydrogens is 578 g/mol. The Morgan fingerprint density at radius 2 is 1.67 bits per heavy atom. The molecule has 2 aromatic carbocycles. The molecule has 0 aliphatic carbocycles. The van der Waals surface area contributed by atoms with Crippen LogP contribution in [-0.2, 0) is 11.2 Å². The van der Waals surface area contributed by atoms with Crippen molar-refractivity contribution < 1.29 is 19.4 Å². The molecule has 5 heterocycles. The third kappa shape index (κ3) is 5.78. The average Bonchev–Trinajstić information content (AvgIpc) is 3.83. The highest BCUT2D eigenvalue weighted by Gasteiger charge is 2.39. The molecule has 8 bridgehead atoms. The summed E-state index contributed by atoms with van der Waals surface area (Å²) < 4.78 is 5.79. The number of benzene rings is 2. The molecule has 0 saturated carbocycles. The molecule has 3 aliphatic heterocycles.